The van der Waals surface area contributed by atoms with E-state index < -0.39 is 24.3 Å². The fourth-order valence-corrected chi connectivity index (χ4v) is 1.40. The lowest BCUT2D eigenvalue weighted by Gasteiger charge is -2.11. The Bertz CT molecular complexity index is 440. The second kappa shape index (κ2) is 7.10. The zero-order valence-corrected chi connectivity index (χ0v) is 10.2. The van der Waals surface area contributed by atoms with Crippen LogP contribution in [0.5, 0.6) is 0 Å². The molecule has 0 aliphatic carbocycles. The minimum Gasteiger partial charge on any atom is -0.465 e. The molecule has 1 rings (SSSR count). The molecule has 1 unspecified atom stereocenters. The first-order valence-corrected chi connectivity index (χ1v) is 5.49. The van der Waals surface area contributed by atoms with Crippen molar-refractivity contribution in [1.82, 2.24) is 5.32 Å². The van der Waals surface area contributed by atoms with Crippen LogP contribution < -0.4 is 5.32 Å². The molecule has 0 fully saturated rings. The number of carbonyl (C=O) groups excluding carboxylic acids is 1. The van der Waals surface area contributed by atoms with Crippen LogP contribution in [0.4, 0.5) is 13.2 Å². The van der Waals surface area contributed by atoms with Gasteiger partial charge < -0.3 is 15.2 Å². The van der Waals surface area contributed by atoms with Crippen molar-refractivity contribution in [1.29, 1.82) is 0 Å². The monoisotopic (exact) mass is 277 g/mol. The first-order valence-electron chi connectivity index (χ1n) is 5.49. The summed E-state index contributed by atoms with van der Waals surface area (Å²) in [6.07, 6.45) is -4.59. The summed E-state index contributed by atoms with van der Waals surface area (Å²) >= 11 is 0. The lowest BCUT2D eigenvalue weighted by atomic mass is 10.1. The summed E-state index contributed by atoms with van der Waals surface area (Å²) in [4.78, 5) is 11.1. The van der Waals surface area contributed by atoms with Crippen LogP contribution in [0.2, 0.25) is 0 Å². The highest BCUT2D eigenvalue weighted by Crippen LogP contribution is 2.11. The lowest BCUT2D eigenvalue weighted by Crippen LogP contribution is -2.31. The Morgan fingerprint density at radius 2 is 2.16 bits per heavy atom. The van der Waals surface area contributed by atoms with Crippen molar-refractivity contribution in [3.05, 3.63) is 35.1 Å². The van der Waals surface area contributed by atoms with Crippen molar-refractivity contribution in [3.8, 4) is 0 Å². The van der Waals surface area contributed by atoms with E-state index in [-0.39, 0.29) is 18.7 Å². The number of rotatable bonds is 6. The highest BCUT2D eigenvalue weighted by atomic mass is 19.3. The van der Waals surface area contributed by atoms with Crippen LogP contribution in [0.1, 0.15) is 15.9 Å². The van der Waals surface area contributed by atoms with Crippen molar-refractivity contribution in [2.75, 3.05) is 13.7 Å². The van der Waals surface area contributed by atoms with Crippen molar-refractivity contribution >= 4 is 5.97 Å². The first kappa shape index (κ1) is 15.5. The molecule has 19 heavy (non-hydrogen) atoms. The summed E-state index contributed by atoms with van der Waals surface area (Å²) in [6.45, 7) is -0.208. The third kappa shape index (κ3) is 4.53. The topological polar surface area (TPSA) is 58.6 Å². The zero-order valence-electron chi connectivity index (χ0n) is 10.2. The fraction of sp³-hybridized carbons (Fsp3) is 0.417. The standard InChI is InChI=1S/C12H14F3NO3/c1-19-12(18)8-3-2-7(4-9(8)13)5-16-6-10(17)11(14)15/h2-4,10-11,16-17H,5-6H2,1H3. The van der Waals surface area contributed by atoms with Crippen LogP contribution in [0, 0.1) is 5.82 Å². The van der Waals surface area contributed by atoms with Gasteiger partial charge in [-0.25, -0.2) is 18.0 Å². The molecular weight excluding hydrogens is 263 g/mol. The Labute approximate surface area is 108 Å². The first-order chi connectivity index (χ1) is 8.95. The zero-order chi connectivity index (χ0) is 14.4. The summed E-state index contributed by atoms with van der Waals surface area (Å²) in [7, 11) is 1.14. The van der Waals surface area contributed by atoms with Gasteiger partial charge in [0.1, 0.15) is 11.9 Å². The van der Waals surface area contributed by atoms with Gasteiger partial charge in [0.25, 0.3) is 6.43 Å². The molecule has 0 bridgehead atoms. The van der Waals surface area contributed by atoms with Gasteiger partial charge in [-0.15, -0.1) is 0 Å². The number of methoxy groups -OCH3 is 1. The highest BCUT2D eigenvalue weighted by molar-refractivity contribution is 5.89. The van der Waals surface area contributed by atoms with Gasteiger partial charge in [0.2, 0.25) is 0 Å². The Morgan fingerprint density at radius 1 is 1.47 bits per heavy atom. The van der Waals surface area contributed by atoms with E-state index in [9.17, 15) is 18.0 Å². The number of aliphatic hydroxyl groups excluding tert-OH is 1. The maximum Gasteiger partial charge on any atom is 0.340 e. The van der Waals surface area contributed by atoms with E-state index in [2.05, 4.69) is 10.1 Å². The summed E-state index contributed by atoms with van der Waals surface area (Å²) in [5, 5.41) is 11.4. The average Bonchev–Trinajstić information content (AvgIpc) is 2.37. The van der Waals surface area contributed by atoms with Crippen molar-refractivity contribution < 1.29 is 27.8 Å². The quantitative estimate of drug-likeness (QED) is 0.770. The molecule has 7 heteroatoms. The number of benzene rings is 1. The van der Waals surface area contributed by atoms with Crippen LogP contribution >= 0.6 is 0 Å². The molecule has 0 saturated heterocycles. The maximum absolute atomic E-state index is 13.5. The third-order valence-electron chi connectivity index (χ3n) is 2.41. The molecule has 0 heterocycles. The van der Waals surface area contributed by atoms with Gasteiger partial charge in [-0.1, -0.05) is 6.07 Å². The number of hydrogen-bond donors (Lipinski definition) is 2. The van der Waals surface area contributed by atoms with Gasteiger partial charge in [-0.05, 0) is 17.7 Å². The summed E-state index contributed by atoms with van der Waals surface area (Å²) < 4.78 is 41.9. The lowest BCUT2D eigenvalue weighted by molar-refractivity contribution is -0.00341. The number of esters is 1. The SMILES string of the molecule is COC(=O)c1ccc(CNCC(O)C(F)F)cc1F. The van der Waals surface area contributed by atoms with Crippen LogP contribution in [-0.4, -0.2) is 37.3 Å². The molecular formula is C12H14F3NO3. The van der Waals surface area contributed by atoms with Gasteiger partial charge >= 0.3 is 5.97 Å². The second-order valence-electron chi connectivity index (χ2n) is 3.84. The average molecular weight is 277 g/mol. The summed E-state index contributed by atoms with van der Waals surface area (Å²) in [5.41, 5.74) is 0.269. The molecule has 0 aromatic heterocycles. The number of alkyl halides is 2. The van der Waals surface area contributed by atoms with Crippen LogP contribution in [0.25, 0.3) is 0 Å². The predicted octanol–water partition coefficient (Wildman–Crippen LogP) is 1.33. The van der Waals surface area contributed by atoms with Crippen molar-refractivity contribution in [2.24, 2.45) is 0 Å². The van der Waals surface area contributed by atoms with Gasteiger partial charge in [0, 0.05) is 13.1 Å². The van der Waals surface area contributed by atoms with Gasteiger partial charge in [-0.2, -0.15) is 0 Å². The highest BCUT2D eigenvalue weighted by Gasteiger charge is 2.16. The maximum atomic E-state index is 13.5. The summed E-state index contributed by atoms with van der Waals surface area (Å²) in [6, 6.07) is 3.83. The Kier molecular flexibility index (Phi) is 5.78. The van der Waals surface area contributed by atoms with Gasteiger partial charge in [0.15, 0.2) is 0 Å². The van der Waals surface area contributed by atoms with E-state index in [1.807, 2.05) is 0 Å². The van der Waals surface area contributed by atoms with E-state index >= 15 is 0 Å². The van der Waals surface area contributed by atoms with Crippen molar-refractivity contribution in [2.45, 2.75) is 19.1 Å². The Morgan fingerprint density at radius 3 is 2.68 bits per heavy atom. The number of hydrogen-bond acceptors (Lipinski definition) is 4. The van der Waals surface area contributed by atoms with Crippen LogP contribution in [0.3, 0.4) is 0 Å². The van der Waals surface area contributed by atoms with Crippen LogP contribution in [0.15, 0.2) is 18.2 Å². The Hall–Kier alpha value is -1.60. The molecule has 1 atom stereocenters. The molecule has 0 radical (unpaired) electrons. The molecule has 0 spiro atoms. The molecule has 2 N–H and O–H groups in total. The largest absolute Gasteiger partial charge is 0.465 e. The molecule has 1 aromatic rings. The number of ether oxygens (including phenoxy) is 1. The van der Waals surface area contributed by atoms with E-state index in [0.717, 1.165) is 13.2 Å². The molecule has 106 valence electrons. The Balaban J connectivity index is 2.57. The third-order valence-corrected chi connectivity index (χ3v) is 2.41. The van der Waals surface area contributed by atoms with Crippen LogP contribution in [-0.2, 0) is 11.3 Å². The smallest absolute Gasteiger partial charge is 0.340 e. The molecule has 0 aliphatic rings. The van der Waals surface area contributed by atoms with E-state index in [4.69, 9.17) is 5.11 Å². The van der Waals surface area contributed by atoms with Gasteiger partial charge in [-0.3, -0.25) is 0 Å². The normalized spacial score (nSPS) is 12.5. The number of aliphatic hydroxyl groups is 1. The van der Waals surface area contributed by atoms with Gasteiger partial charge in [0.05, 0.1) is 12.7 Å². The second-order valence-corrected chi connectivity index (χ2v) is 3.84. The number of halogens is 3. The molecule has 0 saturated carbocycles. The number of nitrogens with one attached hydrogen (secondary N) is 1. The van der Waals surface area contributed by atoms with E-state index in [1.54, 1.807) is 0 Å². The van der Waals surface area contributed by atoms with Crippen molar-refractivity contribution in [3.63, 3.8) is 0 Å². The fourth-order valence-electron chi connectivity index (χ4n) is 1.40. The van der Waals surface area contributed by atoms with E-state index in [0.29, 0.717) is 5.56 Å². The molecule has 1 aromatic carbocycles. The summed E-state index contributed by atoms with van der Waals surface area (Å²) in [5.74, 6) is -1.54. The van der Waals surface area contributed by atoms with E-state index in [1.165, 1.54) is 12.1 Å². The molecule has 4 nitrogen and oxygen atoms in total. The number of carbonyl (C=O) groups is 1. The minimum atomic E-state index is -2.83. The molecule has 0 amide bonds. The molecule has 0 aliphatic heterocycles. The minimum absolute atomic E-state index is 0.0994. The predicted molar refractivity (Wildman–Crippen MR) is 61.5 cm³/mol.